The van der Waals surface area contributed by atoms with Crippen LogP contribution < -0.4 is 0 Å². The van der Waals surface area contributed by atoms with E-state index in [-0.39, 0.29) is 29.8 Å². The van der Waals surface area contributed by atoms with Crippen molar-refractivity contribution in [1.29, 1.82) is 0 Å². The van der Waals surface area contributed by atoms with Crippen LogP contribution in [0.5, 0.6) is 0 Å². The molecule has 1 fully saturated rings. The van der Waals surface area contributed by atoms with Crippen LogP contribution in [0, 0.1) is 17.8 Å². The van der Waals surface area contributed by atoms with Crippen LogP contribution in [0.25, 0.3) is 0 Å². The van der Waals surface area contributed by atoms with Gasteiger partial charge in [-0.1, -0.05) is 51.6 Å². The lowest BCUT2D eigenvalue weighted by molar-refractivity contribution is -0.237. The van der Waals surface area contributed by atoms with Crippen LogP contribution in [-0.2, 0) is 19.0 Å². The largest absolute Gasteiger partial charge is 0.461 e. The average Bonchev–Trinajstić information content (AvgIpc) is 2.83. The van der Waals surface area contributed by atoms with E-state index in [1.54, 1.807) is 14.2 Å². The number of halogens is 2. The summed E-state index contributed by atoms with van der Waals surface area (Å²) in [5, 5.41) is 0. The summed E-state index contributed by atoms with van der Waals surface area (Å²) in [7, 11) is 3.31. The van der Waals surface area contributed by atoms with E-state index in [1.807, 2.05) is 0 Å². The van der Waals surface area contributed by atoms with Crippen molar-refractivity contribution in [3.05, 3.63) is 8.96 Å². The molecule has 21 heavy (non-hydrogen) atoms. The molecule has 0 aromatic carbocycles. The molecule has 2 aliphatic rings. The summed E-state index contributed by atoms with van der Waals surface area (Å²) < 4.78 is 19.3. The van der Waals surface area contributed by atoms with Gasteiger partial charge in [-0.2, -0.15) is 0 Å². The van der Waals surface area contributed by atoms with Gasteiger partial charge in [-0.15, -0.1) is 0 Å². The van der Waals surface area contributed by atoms with E-state index in [0.29, 0.717) is 0 Å². The third kappa shape index (κ3) is 2.62. The Morgan fingerprint density at radius 3 is 2.24 bits per heavy atom. The Balaban J connectivity index is 2.42. The van der Waals surface area contributed by atoms with Crippen molar-refractivity contribution in [2.75, 3.05) is 14.2 Å². The zero-order valence-electron chi connectivity index (χ0n) is 12.8. The number of methoxy groups -OCH3 is 2. The zero-order valence-corrected chi connectivity index (χ0v) is 16.0. The van der Waals surface area contributed by atoms with Crippen molar-refractivity contribution in [3.63, 3.8) is 0 Å². The summed E-state index contributed by atoms with van der Waals surface area (Å²) in [6.07, 6.45) is 2.97. The molecule has 6 heteroatoms. The van der Waals surface area contributed by atoms with Crippen molar-refractivity contribution in [2.24, 2.45) is 17.8 Å². The van der Waals surface area contributed by atoms with Gasteiger partial charge < -0.3 is 14.2 Å². The Morgan fingerprint density at radius 2 is 1.76 bits per heavy atom. The van der Waals surface area contributed by atoms with Gasteiger partial charge >= 0.3 is 5.97 Å². The Labute approximate surface area is 142 Å². The van der Waals surface area contributed by atoms with Gasteiger partial charge in [-0.3, -0.25) is 4.79 Å². The van der Waals surface area contributed by atoms with E-state index < -0.39 is 5.79 Å². The first kappa shape index (κ1) is 17.4. The highest BCUT2D eigenvalue weighted by Crippen LogP contribution is 2.64. The third-order valence-corrected chi connectivity index (χ3v) is 7.02. The molecule has 0 heterocycles. The van der Waals surface area contributed by atoms with Crippen LogP contribution in [-0.4, -0.2) is 32.1 Å². The zero-order chi connectivity index (χ0) is 15.8. The van der Waals surface area contributed by atoms with Crippen molar-refractivity contribution in [2.45, 2.75) is 45.0 Å². The summed E-state index contributed by atoms with van der Waals surface area (Å²) >= 11 is 7.30. The van der Waals surface area contributed by atoms with Gasteiger partial charge in [0.15, 0.2) is 5.79 Å². The smallest absolute Gasteiger partial charge is 0.302 e. The molecule has 2 bridgehead atoms. The van der Waals surface area contributed by atoms with Crippen molar-refractivity contribution >= 4 is 37.8 Å². The molecule has 0 unspecified atom stereocenters. The highest BCUT2D eigenvalue weighted by atomic mass is 79.9. The molecule has 0 amide bonds. The lowest BCUT2D eigenvalue weighted by atomic mass is 9.86. The fraction of sp³-hybridized carbons (Fsp3) is 0.800. The van der Waals surface area contributed by atoms with Crippen LogP contribution in [0.3, 0.4) is 0 Å². The number of unbranched alkanes of at least 4 members (excludes halogenated alkanes) is 1. The van der Waals surface area contributed by atoms with Crippen molar-refractivity contribution in [3.8, 4) is 0 Å². The highest BCUT2D eigenvalue weighted by molar-refractivity contribution is 9.14. The first-order valence-electron chi connectivity index (χ1n) is 7.27. The molecule has 120 valence electrons. The Hall–Kier alpha value is 0.0900. The van der Waals surface area contributed by atoms with E-state index in [9.17, 15) is 4.79 Å². The third-order valence-electron chi connectivity index (χ3n) is 4.65. The van der Waals surface area contributed by atoms with Crippen LogP contribution in [0.15, 0.2) is 8.96 Å². The lowest BCUT2D eigenvalue weighted by Crippen LogP contribution is -2.42. The van der Waals surface area contributed by atoms with Crippen molar-refractivity contribution < 1.29 is 19.0 Å². The predicted molar refractivity (Wildman–Crippen MR) is 87.2 cm³/mol. The SMILES string of the molecule is CCCC[C@@H]1[C@H](OC(C)=O)[C@@H]2C(Br)=C(Br)[C@H]1C2(OC)OC. The van der Waals surface area contributed by atoms with Gasteiger partial charge in [0.05, 0.1) is 11.8 Å². The quantitative estimate of drug-likeness (QED) is 0.477. The molecular formula is C15H22Br2O4. The van der Waals surface area contributed by atoms with Gasteiger partial charge in [0.1, 0.15) is 6.10 Å². The van der Waals surface area contributed by atoms with Gasteiger partial charge in [0.25, 0.3) is 0 Å². The number of hydrogen-bond donors (Lipinski definition) is 0. The van der Waals surface area contributed by atoms with Crippen LogP contribution in [0.2, 0.25) is 0 Å². The van der Waals surface area contributed by atoms with E-state index in [2.05, 4.69) is 38.8 Å². The molecule has 1 saturated carbocycles. The minimum atomic E-state index is -0.768. The number of hydrogen-bond acceptors (Lipinski definition) is 4. The predicted octanol–water partition coefficient (Wildman–Crippen LogP) is 3.97. The van der Waals surface area contributed by atoms with E-state index in [0.717, 1.165) is 28.2 Å². The molecule has 0 aliphatic heterocycles. The second kappa shape index (κ2) is 6.69. The highest BCUT2D eigenvalue weighted by Gasteiger charge is 2.69. The van der Waals surface area contributed by atoms with Gasteiger partial charge in [0, 0.05) is 36.0 Å². The Morgan fingerprint density at radius 1 is 1.19 bits per heavy atom. The first-order valence-corrected chi connectivity index (χ1v) is 8.85. The molecule has 0 aromatic heterocycles. The summed E-state index contributed by atoms with van der Waals surface area (Å²) in [5.74, 6) is -0.905. The summed E-state index contributed by atoms with van der Waals surface area (Å²) in [4.78, 5) is 11.5. The normalized spacial score (nSPS) is 33.6. The van der Waals surface area contributed by atoms with Crippen LogP contribution in [0.4, 0.5) is 0 Å². The Kier molecular flexibility index (Phi) is 5.55. The number of fused-ring (bicyclic) bond motifs is 2. The standard InChI is InChI=1S/C15H22Br2O4/c1-5-6-7-9-10-12(16)13(17)11(14(9)21-8(2)18)15(10,19-3)20-4/h9-11,14H,5-7H2,1-4H3/t9-,10-,11-,14-/m0/s1. The molecule has 0 N–H and O–H groups in total. The molecule has 2 rings (SSSR count). The van der Waals surface area contributed by atoms with Gasteiger partial charge in [-0.25, -0.2) is 0 Å². The summed E-state index contributed by atoms with van der Waals surface area (Å²) in [5.41, 5.74) is 0. The molecule has 4 nitrogen and oxygen atoms in total. The number of carbonyl (C=O) groups excluding carboxylic acids is 1. The molecular weight excluding hydrogens is 404 g/mol. The lowest BCUT2D eigenvalue weighted by Gasteiger charge is -2.32. The summed E-state index contributed by atoms with van der Waals surface area (Å²) in [6, 6.07) is 0. The minimum Gasteiger partial charge on any atom is -0.461 e. The minimum absolute atomic E-state index is 0.0442. The second-order valence-electron chi connectivity index (χ2n) is 5.66. The average molecular weight is 426 g/mol. The molecule has 2 aliphatic carbocycles. The van der Waals surface area contributed by atoms with Crippen LogP contribution >= 0.6 is 31.9 Å². The monoisotopic (exact) mass is 424 g/mol. The number of ether oxygens (including phenoxy) is 3. The van der Waals surface area contributed by atoms with E-state index in [1.165, 1.54) is 6.92 Å². The fourth-order valence-electron chi connectivity index (χ4n) is 3.85. The van der Waals surface area contributed by atoms with Gasteiger partial charge in [-0.05, 0) is 6.42 Å². The van der Waals surface area contributed by atoms with Crippen LogP contribution in [0.1, 0.15) is 33.1 Å². The number of esters is 1. The van der Waals surface area contributed by atoms with Gasteiger partial charge in [0.2, 0.25) is 0 Å². The topological polar surface area (TPSA) is 44.8 Å². The molecule has 0 spiro atoms. The number of carbonyl (C=O) groups is 1. The molecule has 0 aromatic rings. The fourth-order valence-corrected chi connectivity index (χ4v) is 5.58. The number of rotatable bonds is 6. The summed E-state index contributed by atoms with van der Waals surface area (Å²) in [6.45, 7) is 3.62. The second-order valence-corrected chi connectivity index (χ2v) is 7.37. The van der Waals surface area contributed by atoms with E-state index in [4.69, 9.17) is 14.2 Å². The van der Waals surface area contributed by atoms with E-state index >= 15 is 0 Å². The molecule has 4 atom stereocenters. The molecule has 0 radical (unpaired) electrons. The first-order chi connectivity index (χ1) is 9.94. The maximum absolute atomic E-state index is 11.5. The maximum Gasteiger partial charge on any atom is 0.302 e. The molecule has 0 saturated heterocycles. The maximum atomic E-state index is 11.5. The Bertz CT molecular complexity index is 445. The van der Waals surface area contributed by atoms with Crippen molar-refractivity contribution in [1.82, 2.24) is 0 Å².